The van der Waals surface area contributed by atoms with Gasteiger partial charge in [-0.2, -0.15) is 0 Å². The summed E-state index contributed by atoms with van der Waals surface area (Å²) in [6.07, 6.45) is 1.94. The summed E-state index contributed by atoms with van der Waals surface area (Å²) in [4.78, 5) is 22.1. The molecule has 1 fully saturated rings. The number of carbonyl (C=O) groups excluding carboxylic acids is 1. The Morgan fingerprint density at radius 2 is 1.81 bits per heavy atom. The maximum Gasteiger partial charge on any atom is 0.271 e. The molecule has 0 aliphatic carbocycles. The molecule has 0 bridgehead atoms. The number of thioether (sulfide) groups is 1. The van der Waals surface area contributed by atoms with Crippen LogP contribution in [-0.2, 0) is 4.79 Å². The van der Waals surface area contributed by atoms with Crippen molar-refractivity contribution in [3.05, 3.63) is 64.6 Å². The fourth-order valence-corrected chi connectivity index (χ4v) is 3.80. The highest BCUT2D eigenvalue weighted by molar-refractivity contribution is 8.19. The van der Waals surface area contributed by atoms with Crippen LogP contribution in [0.1, 0.15) is 18.1 Å². The number of anilines is 2. The van der Waals surface area contributed by atoms with Crippen molar-refractivity contribution in [2.45, 2.75) is 13.8 Å². The van der Waals surface area contributed by atoms with Crippen LogP contribution in [-0.4, -0.2) is 31.7 Å². The summed E-state index contributed by atoms with van der Waals surface area (Å²) in [5.41, 5.74) is 4.09. The molecule has 1 amide bonds. The molecule has 1 aliphatic heterocycles. The van der Waals surface area contributed by atoms with Gasteiger partial charge in [0.15, 0.2) is 5.17 Å². The molecule has 0 spiro atoms. The lowest BCUT2D eigenvalue weighted by Gasteiger charge is -2.17. The molecule has 0 aromatic heterocycles. The molecule has 0 radical (unpaired) electrons. The lowest BCUT2D eigenvalue weighted by Crippen LogP contribution is -2.29. The summed E-state index contributed by atoms with van der Waals surface area (Å²) in [5.74, 6) is -0.0202. The second-order valence-corrected chi connectivity index (χ2v) is 7.29. The van der Waals surface area contributed by atoms with Crippen molar-refractivity contribution in [3.63, 3.8) is 0 Å². The number of para-hydroxylation sites is 1. The number of aliphatic imine (C=N–C) groups is 1. The van der Waals surface area contributed by atoms with Gasteiger partial charge in [0.05, 0.1) is 10.6 Å². The SMILES string of the molecule is CCN=C1S/C(=C\c2ccc(N(C)C)cc2)C(=O)N1c1ccccc1C. The lowest BCUT2D eigenvalue weighted by molar-refractivity contribution is -0.113. The monoisotopic (exact) mass is 365 g/mol. The van der Waals surface area contributed by atoms with Gasteiger partial charge in [-0.1, -0.05) is 30.3 Å². The summed E-state index contributed by atoms with van der Waals surface area (Å²) in [6.45, 7) is 4.64. The van der Waals surface area contributed by atoms with E-state index in [9.17, 15) is 4.79 Å². The molecule has 0 saturated carbocycles. The van der Waals surface area contributed by atoms with Crippen molar-refractivity contribution in [1.29, 1.82) is 0 Å². The molecule has 26 heavy (non-hydrogen) atoms. The topological polar surface area (TPSA) is 35.9 Å². The van der Waals surface area contributed by atoms with Crippen LogP contribution >= 0.6 is 11.8 Å². The Kier molecular flexibility index (Phi) is 5.47. The predicted molar refractivity (Wildman–Crippen MR) is 113 cm³/mol. The summed E-state index contributed by atoms with van der Waals surface area (Å²) < 4.78 is 0. The van der Waals surface area contributed by atoms with Crippen molar-refractivity contribution in [2.75, 3.05) is 30.4 Å². The minimum Gasteiger partial charge on any atom is -0.378 e. The summed E-state index contributed by atoms with van der Waals surface area (Å²) >= 11 is 1.44. The molecule has 1 aliphatic rings. The van der Waals surface area contributed by atoms with Gasteiger partial charge in [0, 0.05) is 26.3 Å². The molecular formula is C21H23N3OS. The van der Waals surface area contributed by atoms with Crippen LogP contribution in [0.3, 0.4) is 0 Å². The van der Waals surface area contributed by atoms with Crippen LogP contribution in [0.5, 0.6) is 0 Å². The van der Waals surface area contributed by atoms with Gasteiger partial charge in [-0.25, -0.2) is 0 Å². The Morgan fingerprint density at radius 3 is 2.42 bits per heavy atom. The molecule has 0 atom stereocenters. The lowest BCUT2D eigenvalue weighted by atomic mass is 10.1. The van der Waals surface area contributed by atoms with E-state index in [4.69, 9.17) is 0 Å². The molecule has 0 unspecified atom stereocenters. The van der Waals surface area contributed by atoms with E-state index in [1.165, 1.54) is 11.8 Å². The van der Waals surface area contributed by atoms with Crippen LogP contribution in [0.2, 0.25) is 0 Å². The first-order valence-electron chi connectivity index (χ1n) is 8.62. The van der Waals surface area contributed by atoms with Gasteiger partial charge in [0.2, 0.25) is 0 Å². The largest absolute Gasteiger partial charge is 0.378 e. The maximum atomic E-state index is 13.1. The first-order valence-corrected chi connectivity index (χ1v) is 9.44. The van der Waals surface area contributed by atoms with Gasteiger partial charge >= 0.3 is 0 Å². The van der Waals surface area contributed by atoms with Crippen LogP contribution in [0.15, 0.2) is 58.4 Å². The van der Waals surface area contributed by atoms with Gasteiger partial charge in [-0.3, -0.25) is 14.7 Å². The minimum atomic E-state index is -0.0202. The van der Waals surface area contributed by atoms with E-state index in [2.05, 4.69) is 22.0 Å². The molecule has 4 nitrogen and oxygen atoms in total. The van der Waals surface area contributed by atoms with Crippen molar-refractivity contribution < 1.29 is 4.79 Å². The van der Waals surface area contributed by atoms with Crippen molar-refractivity contribution in [2.24, 2.45) is 4.99 Å². The Bertz CT molecular complexity index is 869. The highest BCUT2D eigenvalue weighted by Crippen LogP contribution is 2.37. The van der Waals surface area contributed by atoms with Crippen molar-refractivity contribution >= 4 is 40.3 Å². The van der Waals surface area contributed by atoms with Gasteiger partial charge in [-0.15, -0.1) is 0 Å². The van der Waals surface area contributed by atoms with Crippen LogP contribution in [0.25, 0.3) is 6.08 Å². The third-order valence-electron chi connectivity index (χ3n) is 4.16. The quantitative estimate of drug-likeness (QED) is 0.745. The third kappa shape index (κ3) is 3.68. The van der Waals surface area contributed by atoms with E-state index >= 15 is 0 Å². The number of carbonyl (C=O) groups is 1. The molecule has 3 rings (SSSR count). The number of amidine groups is 1. The van der Waals surface area contributed by atoms with Gasteiger partial charge in [-0.05, 0) is 61.0 Å². The average Bonchev–Trinajstić information content (AvgIpc) is 2.92. The van der Waals surface area contributed by atoms with E-state index in [1.807, 2.05) is 70.4 Å². The van der Waals surface area contributed by atoms with Crippen LogP contribution in [0, 0.1) is 6.92 Å². The molecule has 134 valence electrons. The van der Waals surface area contributed by atoms with Crippen molar-refractivity contribution in [3.8, 4) is 0 Å². The normalized spacial score (nSPS) is 17.4. The number of hydrogen-bond donors (Lipinski definition) is 0. The van der Waals surface area contributed by atoms with Crippen LogP contribution < -0.4 is 9.80 Å². The van der Waals surface area contributed by atoms with Crippen molar-refractivity contribution in [1.82, 2.24) is 0 Å². The van der Waals surface area contributed by atoms with E-state index in [1.54, 1.807) is 4.90 Å². The van der Waals surface area contributed by atoms with Gasteiger partial charge in [0.1, 0.15) is 0 Å². The van der Waals surface area contributed by atoms with E-state index in [-0.39, 0.29) is 5.91 Å². The second kappa shape index (κ2) is 7.79. The summed E-state index contributed by atoms with van der Waals surface area (Å²) in [6, 6.07) is 16.1. The molecule has 1 saturated heterocycles. The zero-order valence-electron chi connectivity index (χ0n) is 15.6. The predicted octanol–water partition coefficient (Wildman–Crippen LogP) is 4.56. The van der Waals surface area contributed by atoms with E-state index in [0.717, 1.165) is 27.7 Å². The molecular weight excluding hydrogens is 342 g/mol. The fourth-order valence-electron chi connectivity index (χ4n) is 2.76. The Morgan fingerprint density at radius 1 is 1.12 bits per heavy atom. The molecule has 1 heterocycles. The number of hydrogen-bond acceptors (Lipinski definition) is 4. The number of nitrogens with zero attached hydrogens (tertiary/aromatic N) is 3. The number of rotatable bonds is 4. The Labute approximate surface area is 159 Å². The smallest absolute Gasteiger partial charge is 0.271 e. The van der Waals surface area contributed by atoms with Crippen LogP contribution in [0.4, 0.5) is 11.4 Å². The summed E-state index contributed by atoms with van der Waals surface area (Å²) in [5, 5.41) is 0.739. The van der Waals surface area contributed by atoms with E-state index in [0.29, 0.717) is 11.4 Å². The highest BCUT2D eigenvalue weighted by atomic mass is 32.2. The van der Waals surface area contributed by atoms with E-state index < -0.39 is 0 Å². The third-order valence-corrected chi connectivity index (χ3v) is 5.17. The first-order chi connectivity index (χ1) is 12.5. The highest BCUT2D eigenvalue weighted by Gasteiger charge is 2.35. The zero-order chi connectivity index (χ0) is 18.7. The fraction of sp³-hybridized carbons (Fsp3) is 0.238. The van der Waals surface area contributed by atoms with Gasteiger partial charge in [0.25, 0.3) is 5.91 Å². The zero-order valence-corrected chi connectivity index (χ0v) is 16.4. The molecule has 2 aromatic carbocycles. The summed E-state index contributed by atoms with van der Waals surface area (Å²) in [7, 11) is 4.02. The maximum absolute atomic E-state index is 13.1. The standard InChI is InChI=1S/C21H23N3OS/c1-5-22-21-24(18-9-7-6-8-15(18)2)20(25)19(26-21)14-16-10-12-17(13-11-16)23(3)4/h6-14H,5H2,1-4H3/b19-14-,22-21?. The minimum absolute atomic E-state index is 0.0202. The van der Waals surface area contributed by atoms with Gasteiger partial charge < -0.3 is 4.90 Å². The Hall–Kier alpha value is -2.53. The molecule has 2 aromatic rings. The number of aryl methyl sites for hydroxylation is 1. The first kappa shape index (κ1) is 18.3. The number of amides is 1. The molecule has 0 N–H and O–H groups in total. The number of benzene rings is 2. The Balaban J connectivity index is 1.96. The molecule has 5 heteroatoms. The second-order valence-electron chi connectivity index (χ2n) is 6.28. The average molecular weight is 366 g/mol.